The van der Waals surface area contributed by atoms with Crippen LogP contribution in [0.2, 0.25) is 0 Å². The number of amides is 1. The first-order valence-corrected chi connectivity index (χ1v) is 8.91. The van der Waals surface area contributed by atoms with Crippen LogP contribution in [0.4, 0.5) is 5.69 Å². The summed E-state index contributed by atoms with van der Waals surface area (Å²) in [6.45, 7) is 7.38. The molecule has 0 fully saturated rings. The highest BCUT2D eigenvalue weighted by molar-refractivity contribution is 5.95. The standard InChI is InChI=1S/C21H28N2O2.ClH/c1-4-5-13-22-17(3)21(24)23-20-12-11-19(14-16(20)2)25-15-18-9-7-6-8-10-18;/h6-12,14,17,22H,4-5,13,15H2,1-3H3,(H,23,24);1H. The number of aryl methyl sites for hydroxylation is 1. The van der Waals surface area contributed by atoms with Crippen LogP contribution in [-0.2, 0) is 11.4 Å². The van der Waals surface area contributed by atoms with Gasteiger partial charge < -0.3 is 15.4 Å². The van der Waals surface area contributed by atoms with E-state index in [1.54, 1.807) is 0 Å². The van der Waals surface area contributed by atoms with E-state index in [-0.39, 0.29) is 24.4 Å². The number of unbranched alkanes of at least 4 members (excludes halogenated alkanes) is 1. The highest BCUT2D eigenvalue weighted by Crippen LogP contribution is 2.22. The number of halogens is 1. The zero-order chi connectivity index (χ0) is 18.1. The maximum atomic E-state index is 12.2. The number of ether oxygens (including phenoxy) is 1. The molecular weight excluding hydrogens is 348 g/mol. The first-order valence-electron chi connectivity index (χ1n) is 8.91. The van der Waals surface area contributed by atoms with E-state index < -0.39 is 0 Å². The molecule has 26 heavy (non-hydrogen) atoms. The van der Waals surface area contributed by atoms with E-state index in [1.165, 1.54) is 0 Å². The smallest absolute Gasteiger partial charge is 0.241 e. The first kappa shape index (κ1) is 22.0. The van der Waals surface area contributed by atoms with Gasteiger partial charge in [0.05, 0.1) is 6.04 Å². The van der Waals surface area contributed by atoms with Gasteiger partial charge in [0.2, 0.25) is 5.91 Å². The molecule has 2 rings (SSSR count). The van der Waals surface area contributed by atoms with Crippen LogP contribution >= 0.6 is 12.4 Å². The van der Waals surface area contributed by atoms with Crippen LogP contribution in [0.5, 0.6) is 5.75 Å². The van der Waals surface area contributed by atoms with Crippen LogP contribution < -0.4 is 15.4 Å². The van der Waals surface area contributed by atoms with Crippen LogP contribution in [-0.4, -0.2) is 18.5 Å². The minimum absolute atomic E-state index is 0. The Bertz CT molecular complexity index is 677. The van der Waals surface area contributed by atoms with Crippen LogP contribution in [0.1, 0.15) is 37.8 Å². The van der Waals surface area contributed by atoms with Gasteiger partial charge in [0.15, 0.2) is 0 Å². The third-order valence-corrected chi connectivity index (χ3v) is 4.08. The molecule has 0 aliphatic carbocycles. The molecule has 0 saturated heterocycles. The van der Waals surface area contributed by atoms with E-state index in [4.69, 9.17) is 4.74 Å². The summed E-state index contributed by atoms with van der Waals surface area (Å²) in [5.41, 5.74) is 2.94. The van der Waals surface area contributed by atoms with Gasteiger partial charge in [-0.3, -0.25) is 4.79 Å². The molecule has 1 atom stereocenters. The Balaban J connectivity index is 0.00000338. The molecular formula is C21H29ClN2O2. The number of anilines is 1. The van der Waals surface area contributed by atoms with E-state index in [9.17, 15) is 4.79 Å². The van der Waals surface area contributed by atoms with Gasteiger partial charge in [-0.15, -0.1) is 12.4 Å². The molecule has 0 aromatic heterocycles. The van der Waals surface area contributed by atoms with E-state index in [0.29, 0.717) is 6.61 Å². The van der Waals surface area contributed by atoms with E-state index >= 15 is 0 Å². The summed E-state index contributed by atoms with van der Waals surface area (Å²) in [6.07, 6.45) is 2.19. The zero-order valence-corrected chi connectivity index (χ0v) is 16.6. The van der Waals surface area contributed by atoms with E-state index in [1.807, 2.05) is 62.4 Å². The Hall–Kier alpha value is -2.04. The number of rotatable bonds is 9. The molecule has 0 bridgehead atoms. The summed E-state index contributed by atoms with van der Waals surface area (Å²) >= 11 is 0. The number of hydrogen-bond donors (Lipinski definition) is 2. The van der Waals surface area contributed by atoms with Crippen molar-refractivity contribution in [1.29, 1.82) is 0 Å². The zero-order valence-electron chi connectivity index (χ0n) is 15.7. The van der Waals surface area contributed by atoms with Gasteiger partial charge in [0.25, 0.3) is 0 Å². The molecule has 2 aromatic carbocycles. The summed E-state index contributed by atoms with van der Waals surface area (Å²) in [5.74, 6) is 0.783. The normalized spacial score (nSPS) is 11.3. The van der Waals surface area contributed by atoms with Crippen LogP contribution in [0, 0.1) is 6.92 Å². The Morgan fingerprint density at radius 2 is 1.88 bits per heavy atom. The Morgan fingerprint density at radius 3 is 2.54 bits per heavy atom. The molecule has 0 aliphatic rings. The molecule has 2 N–H and O–H groups in total. The summed E-state index contributed by atoms with van der Waals surface area (Å²) in [6, 6.07) is 15.6. The van der Waals surface area contributed by atoms with Crippen molar-refractivity contribution in [2.75, 3.05) is 11.9 Å². The fourth-order valence-electron chi connectivity index (χ4n) is 2.44. The molecule has 0 saturated carbocycles. The van der Waals surface area contributed by atoms with E-state index in [0.717, 1.165) is 42.0 Å². The molecule has 0 radical (unpaired) electrons. The third-order valence-electron chi connectivity index (χ3n) is 4.08. The SMILES string of the molecule is CCCCNC(C)C(=O)Nc1ccc(OCc2ccccc2)cc1C.Cl. The fraction of sp³-hybridized carbons (Fsp3) is 0.381. The molecule has 1 unspecified atom stereocenters. The lowest BCUT2D eigenvalue weighted by atomic mass is 10.1. The quantitative estimate of drug-likeness (QED) is 0.623. The summed E-state index contributed by atoms with van der Waals surface area (Å²) in [7, 11) is 0. The van der Waals surface area contributed by atoms with Gasteiger partial charge in [-0.05, 0) is 56.1 Å². The number of hydrogen-bond acceptors (Lipinski definition) is 3. The van der Waals surface area contributed by atoms with Crippen molar-refractivity contribution < 1.29 is 9.53 Å². The molecule has 4 nitrogen and oxygen atoms in total. The van der Waals surface area contributed by atoms with Crippen molar-refractivity contribution in [3.8, 4) is 5.75 Å². The Kier molecular flexibility index (Phi) is 9.78. The van der Waals surface area contributed by atoms with Crippen molar-refractivity contribution >= 4 is 24.0 Å². The van der Waals surface area contributed by atoms with Gasteiger partial charge in [0, 0.05) is 5.69 Å². The number of carbonyl (C=O) groups excluding carboxylic acids is 1. The van der Waals surface area contributed by atoms with Gasteiger partial charge in [-0.2, -0.15) is 0 Å². The molecule has 0 aliphatic heterocycles. The lowest BCUT2D eigenvalue weighted by molar-refractivity contribution is -0.117. The third kappa shape index (κ3) is 7.06. The van der Waals surface area contributed by atoms with Crippen LogP contribution in [0.25, 0.3) is 0 Å². The highest BCUT2D eigenvalue weighted by Gasteiger charge is 2.13. The van der Waals surface area contributed by atoms with Gasteiger partial charge in [0.1, 0.15) is 12.4 Å². The molecule has 0 spiro atoms. The van der Waals surface area contributed by atoms with Crippen LogP contribution in [0.3, 0.4) is 0 Å². The Morgan fingerprint density at radius 1 is 1.15 bits per heavy atom. The molecule has 2 aromatic rings. The number of benzene rings is 2. The maximum absolute atomic E-state index is 12.2. The topological polar surface area (TPSA) is 50.4 Å². The summed E-state index contributed by atoms with van der Waals surface area (Å²) in [5, 5.41) is 6.22. The lowest BCUT2D eigenvalue weighted by Crippen LogP contribution is -2.38. The maximum Gasteiger partial charge on any atom is 0.241 e. The monoisotopic (exact) mass is 376 g/mol. The van der Waals surface area contributed by atoms with Crippen molar-refractivity contribution in [2.24, 2.45) is 0 Å². The largest absolute Gasteiger partial charge is 0.489 e. The number of nitrogens with one attached hydrogen (secondary N) is 2. The highest BCUT2D eigenvalue weighted by atomic mass is 35.5. The Labute approximate surface area is 162 Å². The summed E-state index contributed by atoms with van der Waals surface area (Å²) in [4.78, 5) is 12.2. The van der Waals surface area contributed by atoms with Gasteiger partial charge in [-0.1, -0.05) is 43.7 Å². The lowest BCUT2D eigenvalue weighted by Gasteiger charge is -2.16. The predicted molar refractivity (Wildman–Crippen MR) is 110 cm³/mol. The average Bonchev–Trinajstić information content (AvgIpc) is 2.63. The van der Waals surface area contributed by atoms with E-state index in [2.05, 4.69) is 17.6 Å². The minimum atomic E-state index is -0.208. The van der Waals surface area contributed by atoms with Gasteiger partial charge in [-0.25, -0.2) is 0 Å². The predicted octanol–water partition coefficient (Wildman–Crippen LogP) is 4.71. The molecule has 1 amide bonds. The second-order valence-electron chi connectivity index (χ2n) is 6.27. The molecule has 0 heterocycles. The average molecular weight is 377 g/mol. The van der Waals surface area contributed by atoms with Crippen molar-refractivity contribution in [3.05, 3.63) is 59.7 Å². The minimum Gasteiger partial charge on any atom is -0.489 e. The fourth-order valence-corrected chi connectivity index (χ4v) is 2.44. The van der Waals surface area contributed by atoms with Crippen molar-refractivity contribution in [1.82, 2.24) is 5.32 Å². The summed E-state index contributed by atoms with van der Waals surface area (Å²) < 4.78 is 5.82. The molecule has 142 valence electrons. The second kappa shape index (κ2) is 11.6. The number of carbonyl (C=O) groups is 1. The van der Waals surface area contributed by atoms with Crippen molar-refractivity contribution in [3.63, 3.8) is 0 Å². The van der Waals surface area contributed by atoms with Crippen molar-refractivity contribution in [2.45, 2.75) is 46.3 Å². The first-order chi connectivity index (χ1) is 12.1. The second-order valence-corrected chi connectivity index (χ2v) is 6.27. The van der Waals surface area contributed by atoms with Crippen LogP contribution in [0.15, 0.2) is 48.5 Å². The van der Waals surface area contributed by atoms with Gasteiger partial charge >= 0.3 is 0 Å². The molecule has 5 heteroatoms.